The molecule has 1 heterocycles. The van der Waals surface area contributed by atoms with E-state index in [0.29, 0.717) is 25.4 Å². The van der Waals surface area contributed by atoms with Crippen molar-refractivity contribution in [2.24, 2.45) is 5.92 Å². The average Bonchev–Trinajstić information content (AvgIpc) is 3.18. The van der Waals surface area contributed by atoms with Gasteiger partial charge in [0.15, 0.2) is 0 Å². The van der Waals surface area contributed by atoms with Crippen LogP contribution in [0, 0.1) is 5.92 Å². The van der Waals surface area contributed by atoms with Crippen molar-refractivity contribution in [1.29, 1.82) is 0 Å². The van der Waals surface area contributed by atoms with Crippen molar-refractivity contribution in [2.75, 3.05) is 26.7 Å². The molecular formula is C23H41N3O4S. The smallest absolute Gasteiger partial charge is 0.315 e. The maximum Gasteiger partial charge on any atom is 0.315 e. The summed E-state index contributed by atoms with van der Waals surface area (Å²) < 4.78 is 32.6. The number of carbonyl (C=O) groups is 1. The predicted molar refractivity (Wildman–Crippen MR) is 126 cm³/mol. The molecule has 1 aliphatic carbocycles. The SMILES string of the molecule is C.C.COc1ccccc1S(=O)(=O)N1CCC(CNC(=O)NC2CCCCCCC2)C1. The number of nitrogens with one attached hydrogen (secondary N) is 2. The first-order chi connectivity index (χ1) is 14.0. The Morgan fingerprint density at radius 1 is 1.06 bits per heavy atom. The van der Waals surface area contributed by atoms with Gasteiger partial charge in [-0.15, -0.1) is 0 Å². The van der Waals surface area contributed by atoms with Crippen LogP contribution in [-0.4, -0.2) is 51.5 Å². The highest BCUT2D eigenvalue weighted by Gasteiger charge is 2.34. The van der Waals surface area contributed by atoms with E-state index in [-0.39, 0.29) is 37.7 Å². The molecule has 0 radical (unpaired) electrons. The quantitative estimate of drug-likeness (QED) is 0.666. The van der Waals surface area contributed by atoms with Gasteiger partial charge in [0.05, 0.1) is 7.11 Å². The van der Waals surface area contributed by atoms with Crippen LogP contribution in [0.3, 0.4) is 0 Å². The summed E-state index contributed by atoms with van der Waals surface area (Å²) in [5.41, 5.74) is 0. The number of hydrogen-bond donors (Lipinski definition) is 2. The summed E-state index contributed by atoms with van der Waals surface area (Å²) >= 11 is 0. The van der Waals surface area contributed by atoms with Gasteiger partial charge in [-0.25, -0.2) is 13.2 Å². The van der Waals surface area contributed by atoms with E-state index >= 15 is 0 Å². The Morgan fingerprint density at radius 3 is 2.39 bits per heavy atom. The Balaban J connectivity index is 0.00000240. The van der Waals surface area contributed by atoms with Crippen LogP contribution in [-0.2, 0) is 10.0 Å². The van der Waals surface area contributed by atoms with Crippen LogP contribution in [0.15, 0.2) is 29.2 Å². The molecule has 31 heavy (non-hydrogen) atoms. The minimum Gasteiger partial charge on any atom is -0.495 e. The van der Waals surface area contributed by atoms with Gasteiger partial charge in [0, 0.05) is 25.7 Å². The highest BCUT2D eigenvalue weighted by molar-refractivity contribution is 7.89. The fraction of sp³-hybridized carbons (Fsp3) is 0.696. The van der Waals surface area contributed by atoms with Crippen molar-refractivity contribution < 1.29 is 17.9 Å². The van der Waals surface area contributed by atoms with E-state index in [2.05, 4.69) is 10.6 Å². The Kier molecular flexibility index (Phi) is 11.3. The number of sulfonamides is 1. The normalized spacial score (nSPS) is 20.5. The van der Waals surface area contributed by atoms with E-state index in [9.17, 15) is 13.2 Å². The molecule has 8 heteroatoms. The summed E-state index contributed by atoms with van der Waals surface area (Å²) in [5, 5.41) is 6.04. The zero-order valence-corrected chi connectivity index (χ0v) is 18.0. The highest BCUT2D eigenvalue weighted by Crippen LogP contribution is 2.29. The summed E-state index contributed by atoms with van der Waals surface area (Å²) in [4.78, 5) is 12.5. The molecule has 2 aliphatic rings. The van der Waals surface area contributed by atoms with Crippen LogP contribution < -0.4 is 15.4 Å². The first kappa shape index (κ1) is 27.2. The molecule has 7 nitrogen and oxygen atoms in total. The topological polar surface area (TPSA) is 87.7 Å². The molecule has 0 spiro atoms. The summed E-state index contributed by atoms with van der Waals surface area (Å²) in [6, 6.07) is 6.79. The largest absolute Gasteiger partial charge is 0.495 e. The van der Waals surface area contributed by atoms with Crippen LogP contribution in [0.1, 0.15) is 66.2 Å². The Morgan fingerprint density at radius 2 is 1.71 bits per heavy atom. The van der Waals surface area contributed by atoms with Gasteiger partial charge in [0.1, 0.15) is 10.6 Å². The van der Waals surface area contributed by atoms with Gasteiger partial charge in [0.25, 0.3) is 0 Å². The fourth-order valence-electron chi connectivity index (χ4n) is 4.23. The summed E-state index contributed by atoms with van der Waals surface area (Å²) in [7, 11) is -2.13. The Labute approximate surface area is 189 Å². The molecule has 1 atom stereocenters. The zero-order chi connectivity index (χ0) is 20.7. The summed E-state index contributed by atoms with van der Waals surface area (Å²) in [6.45, 7) is 1.34. The molecule has 178 valence electrons. The van der Waals surface area contributed by atoms with E-state index in [1.807, 2.05) is 0 Å². The van der Waals surface area contributed by atoms with Crippen molar-refractivity contribution in [1.82, 2.24) is 14.9 Å². The molecule has 3 rings (SSSR count). The maximum atomic E-state index is 13.0. The number of hydrogen-bond acceptors (Lipinski definition) is 4. The maximum absolute atomic E-state index is 13.0. The molecule has 1 saturated carbocycles. The molecule has 1 unspecified atom stereocenters. The van der Waals surface area contributed by atoms with E-state index in [1.165, 1.54) is 43.5 Å². The lowest BCUT2D eigenvalue weighted by atomic mass is 9.97. The predicted octanol–water partition coefficient (Wildman–Crippen LogP) is 4.39. The van der Waals surface area contributed by atoms with Crippen molar-refractivity contribution in [3.05, 3.63) is 24.3 Å². The van der Waals surface area contributed by atoms with E-state index < -0.39 is 10.0 Å². The minimum atomic E-state index is -3.60. The van der Waals surface area contributed by atoms with Crippen LogP contribution in [0.2, 0.25) is 0 Å². The molecule has 2 amide bonds. The second kappa shape index (κ2) is 12.9. The Hall–Kier alpha value is -1.80. The average molecular weight is 456 g/mol. The molecule has 1 aliphatic heterocycles. The number of benzene rings is 1. The highest BCUT2D eigenvalue weighted by atomic mass is 32.2. The van der Waals surface area contributed by atoms with E-state index in [4.69, 9.17) is 4.74 Å². The van der Waals surface area contributed by atoms with Gasteiger partial charge < -0.3 is 15.4 Å². The lowest BCUT2D eigenvalue weighted by Crippen LogP contribution is -2.44. The van der Waals surface area contributed by atoms with Gasteiger partial charge in [-0.2, -0.15) is 4.31 Å². The van der Waals surface area contributed by atoms with Gasteiger partial charge >= 0.3 is 6.03 Å². The molecule has 1 aromatic carbocycles. The second-order valence-electron chi connectivity index (χ2n) is 8.07. The summed E-state index contributed by atoms with van der Waals surface area (Å²) in [6.07, 6.45) is 8.96. The van der Waals surface area contributed by atoms with Gasteiger partial charge in [-0.3, -0.25) is 0 Å². The molecule has 0 bridgehead atoms. The zero-order valence-electron chi connectivity index (χ0n) is 17.2. The number of ether oxygens (including phenoxy) is 1. The molecule has 1 saturated heterocycles. The third-order valence-electron chi connectivity index (χ3n) is 5.93. The first-order valence-corrected chi connectivity index (χ1v) is 12.1. The number of rotatable bonds is 6. The van der Waals surface area contributed by atoms with Gasteiger partial charge in [-0.05, 0) is 37.3 Å². The monoisotopic (exact) mass is 455 g/mol. The van der Waals surface area contributed by atoms with Crippen molar-refractivity contribution in [2.45, 2.75) is 77.2 Å². The third kappa shape index (κ3) is 7.38. The number of amides is 2. The third-order valence-corrected chi connectivity index (χ3v) is 7.83. The number of para-hydroxylation sites is 1. The van der Waals surface area contributed by atoms with Gasteiger partial charge in [-0.1, -0.05) is 59.1 Å². The van der Waals surface area contributed by atoms with Gasteiger partial charge in [0.2, 0.25) is 10.0 Å². The number of urea groups is 1. The van der Waals surface area contributed by atoms with Crippen LogP contribution >= 0.6 is 0 Å². The van der Waals surface area contributed by atoms with Crippen LogP contribution in [0.25, 0.3) is 0 Å². The molecule has 0 aromatic heterocycles. The van der Waals surface area contributed by atoms with Crippen LogP contribution in [0.4, 0.5) is 4.79 Å². The van der Waals surface area contributed by atoms with E-state index in [0.717, 1.165) is 19.3 Å². The van der Waals surface area contributed by atoms with Crippen molar-refractivity contribution in [3.8, 4) is 5.75 Å². The van der Waals surface area contributed by atoms with Crippen molar-refractivity contribution >= 4 is 16.1 Å². The minimum absolute atomic E-state index is 0. The molecule has 2 fully saturated rings. The summed E-state index contributed by atoms with van der Waals surface area (Å²) in [5.74, 6) is 0.468. The number of nitrogens with zero attached hydrogens (tertiary/aromatic N) is 1. The molecule has 1 aromatic rings. The van der Waals surface area contributed by atoms with Crippen LogP contribution in [0.5, 0.6) is 5.75 Å². The number of methoxy groups -OCH3 is 1. The lowest BCUT2D eigenvalue weighted by molar-refractivity contribution is 0.232. The lowest BCUT2D eigenvalue weighted by Gasteiger charge is -2.22. The first-order valence-electron chi connectivity index (χ1n) is 10.7. The molecular weight excluding hydrogens is 414 g/mol. The standard InChI is InChI=1S/C21H33N3O4S.2CH4/c1-28-19-11-7-8-12-20(19)29(26,27)24-14-13-17(16-24)15-22-21(25)23-18-9-5-3-2-4-6-10-18;;/h7-8,11-12,17-18H,2-6,9-10,13-16H2,1H3,(H2,22,23,25);2*1H4. The van der Waals surface area contributed by atoms with E-state index in [1.54, 1.807) is 24.3 Å². The Bertz CT molecular complexity index is 777. The second-order valence-corrected chi connectivity index (χ2v) is 9.97. The number of carbonyl (C=O) groups excluding carboxylic acids is 1. The fourth-order valence-corrected chi connectivity index (χ4v) is 5.91. The van der Waals surface area contributed by atoms with Crippen molar-refractivity contribution in [3.63, 3.8) is 0 Å². The molecule has 2 N–H and O–H groups in total.